The van der Waals surface area contributed by atoms with Crippen molar-refractivity contribution in [2.45, 2.75) is 6.92 Å². The molecule has 0 saturated carbocycles. The molecule has 0 radical (unpaired) electrons. The summed E-state index contributed by atoms with van der Waals surface area (Å²) >= 11 is 5.87. The summed E-state index contributed by atoms with van der Waals surface area (Å²) in [6.45, 7) is 1.85. The van der Waals surface area contributed by atoms with Crippen LogP contribution in [0.15, 0.2) is 42.5 Å². The van der Waals surface area contributed by atoms with Gasteiger partial charge in [-0.25, -0.2) is 0 Å². The van der Waals surface area contributed by atoms with Crippen molar-refractivity contribution in [3.05, 3.63) is 58.6 Å². The molecular weight excluding hydrogens is 262 g/mol. The summed E-state index contributed by atoms with van der Waals surface area (Å²) in [7, 11) is 0. The molecule has 0 spiro atoms. The van der Waals surface area contributed by atoms with E-state index in [-0.39, 0.29) is 5.91 Å². The third-order valence-corrected chi connectivity index (χ3v) is 2.96. The monoisotopic (exact) mass is 275 g/mol. The molecule has 0 unspecified atom stereocenters. The van der Waals surface area contributed by atoms with Crippen molar-refractivity contribution in [2.75, 3.05) is 10.7 Å². The molecule has 4 nitrogen and oxygen atoms in total. The van der Waals surface area contributed by atoms with Crippen LogP contribution in [-0.4, -0.2) is 5.91 Å². The van der Waals surface area contributed by atoms with Gasteiger partial charge in [0.2, 0.25) is 0 Å². The number of halogens is 1. The van der Waals surface area contributed by atoms with E-state index in [2.05, 4.69) is 10.7 Å². The minimum Gasteiger partial charge on any atom is -0.324 e. The first kappa shape index (κ1) is 13.4. The molecule has 0 aliphatic carbocycles. The number of hydrogen-bond acceptors (Lipinski definition) is 3. The Morgan fingerprint density at radius 1 is 1.16 bits per heavy atom. The van der Waals surface area contributed by atoms with E-state index in [4.69, 9.17) is 17.4 Å². The fourth-order valence-electron chi connectivity index (χ4n) is 1.77. The van der Waals surface area contributed by atoms with Crippen molar-refractivity contribution >= 4 is 28.9 Å². The predicted molar refractivity (Wildman–Crippen MR) is 78.4 cm³/mol. The van der Waals surface area contributed by atoms with Crippen LogP contribution in [-0.2, 0) is 0 Å². The molecule has 4 N–H and O–H groups in total. The van der Waals surface area contributed by atoms with Gasteiger partial charge in [-0.1, -0.05) is 17.7 Å². The highest BCUT2D eigenvalue weighted by Gasteiger charge is 2.09. The highest BCUT2D eigenvalue weighted by atomic mass is 35.5. The maximum absolute atomic E-state index is 12.1. The second-order valence-electron chi connectivity index (χ2n) is 4.14. The zero-order chi connectivity index (χ0) is 13.8. The molecule has 2 aromatic rings. The van der Waals surface area contributed by atoms with E-state index in [1.165, 1.54) is 0 Å². The Labute approximate surface area is 116 Å². The van der Waals surface area contributed by atoms with Crippen molar-refractivity contribution in [1.29, 1.82) is 0 Å². The van der Waals surface area contributed by atoms with E-state index in [1.54, 1.807) is 36.4 Å². The van der Waals surface area contributed by atoms with Gasteiger partial charge in [0.15, 0.2) is 0 Å². The average molecular weight is 276 g/mol. The number of nitrogens with one attached hydrogen (secondary N) is 2. The van der Waals surface area contributed by atoms with Gasteiger partial charge in [-0.2, -0.15) is 0 Å². The summed E-state index contributed by atoms with van der Waals surface area (Å²) in [5, 5.41) is 3.38. The van der Waals surface area contributed by atoms with Crippen molar-refractivity contribution in [3.8, 4) is 0 Å². The van der Waals surface area contributed by atoms with E-state index in [1.807, 2.05) is 13.0 Å². The zero-order valence-electron chi connectivity index (χ0n) is 10.4. The minimum atomic E-state index is -0.177. The van der Waals surface area contributed by atoms with Crippen LogP contribution in [0.4, 0.5) is 11.4 Å². The van der Waals surface area contributed by atoms with Gasteiger partial charge in [0.05, 0.1) is 0 Å². The maximum Gasteiger partial charge on any atom is 0.255 e. The maximum atomic E-state index is 12.1. The van der Waals surface area contributed by atoms with Gasteiger partial charge in [0, 0.05) is 22.0 Å². The normalized spacial score (nSPS) is 10.1. The van der Waals surface area contributed by atoms with Crippen LogP contribution in [0.25, 0.3) is 0 Å². The Morgan fingerprint density at radius 3 is 2.58 bits per heavy atom. The lowest BCUT2D eigenvalue weighted by Crippen LogP contribution is -2.14. The number of rotatable bonds is 3. The van der Waals surface area contributed by atoms with E-state index in [9.17, 15) is 4.79 Å². The molecule has 0 aromatic heterocycles. The van der Waals surface area contributed by atoms with E-state index in [0.29, 0.717) is 16.3 Å². The van der Waals surface area contributed by atoms with Crippen molar-refractivity contribution in [1.82, 2.24) is 0 Å². The first-order valence-corrected chi connectivity index (χ1v) is 6.12. The number of aryl methyl sites for hydroxylation is 1. The largest absolute Gasteiger partial charge is 0.324 e. The number of carbonyl (C=O) groups is 1. The Kier molecular flexibility index (Phi) is 4.04. The predicted octanol–water partition coefficient (Wildman–Crippen LogP) is 3.19. The summed E-state index contributed by atoms with van der Waals surface area (Å²) in [5.41, 5.74) is 5.41. The third kappa shape index (κ3) is 3.24. The second kappa shape index (κ2) is 5.73. The standard InChI is InChI=1S/C14H14ClN3O/c1-9-7-12(18-16)5-6-13(9)14(19)17-11-4-2-3-10(15)8-11/h2-8,18H,16H2,1H3,(H,17,19). The first-order valence-electron chi connectivity index (χ1n) is 5.74. The van der Waals surface area contributed by atoms with Crippen LogP contribution >= 0.6 is 11.6 Å². The first-order chi connectivity index (χ1) is 9.10. The molecule has 98 valence electrons. The number of hydrogen-bond donors (Lipinski definition) is 3. The van der Waals surface area contributed by atoms with Crippen LogP contribution in [0.2, 0.25) is 5.02 Å². The zero-order valence-corrected chi connectivity index (χ0v) is 11.2. The van der Waals surface area contributed by atoms with Crippen molar-refractivity contribution in [2.24, 2.45) is 5.84 Å². The minimum absolute atomic E-state index is 0.177. The van der Waals surface area contributed by atoms with Gasteiger partial charge in [-0.05, 0) is 48.9 Å². The topological polar surface area (TPSA) is 67.1 Å². The molecule has 5 heteroatoms. The summed E-state index contributed by atoms with van der Waals surface area (Å²) in [5.74, 6) is 5.14. The third-order valence-electron chi connectivity index (χ3n) is 2.72. The van der Waals surface area contributed by atoms with Crippen LogP contribution in [0.3, 0.4) is 0 Å². The number of nitrogens with two attached hydrogens (primary N) is 1. The molecule has 1 amide bonds. The summed E-state index contributed by atoms with van der Waals surface area (Å²) < 4.78 is 0. The number of nitrogen functional groups attached to an aromatic ring is 1. The van der Waals surface area contributed by atoms with Crippen molar-refractivity contribution < 1.29 is 4.79 Å². The van der Waals surface area contributed by atoms with E-state index < -0.39 is 0 Å². The highest BCUT2D eigenvalue weighted by Crippen LogP contribution is 2.18. The number of amides is 1. The summed E-state index contributed by atoms with van der Waals surface area (Å²) in [6, 6.07) is 12.3. The lowest BCUT2D eigenvalue weighted by Gasteiger charge is -2.09. The molecule has 0 saturated heterocycles. The molecule has 0 fully saturated rings. The quantitative estimate of drug-likeness (QED) is 0.595. The summed E-state index contributed by atoms with van der Waals surface area (Å²) in [4.78, 5) is 12.1. The molecule has 0 aliphatic heterocycles. The van der Waals surface area contributed by atoms with E-state index in [0.717, 1.165) is 11.3 Å². The van der Waals surface area contributed by atoms with Gasteiger partial charge in [0.25, 0.3) is 5.91 Å². The van der Waals surface area contributed by atoms with Crippen LogP contribution in [0.1, 0.15) is 15.9 Å². The molecular formula is C14H14ClN3O. The smallest absolute Gasteiger partial charge is 0.255 e. The van der Waals surface area contributed by atoms with Crippen molar-refractivity contribution in [3.63, 3.8) is 0 Å². The van der Waals surface area contributed by atoms with E-state index >= 15 is 0 Å². The highest BCUT2D eigenvalue weighted by molar-refractivity contribution is 6.31. The van der Waals surface area contributed by atoms with Gasteiger partial charge < -0.3 is 10.7 Å². The Balaban J connectivity index is 2.20. The van der Waals surface area contributed by atoms with Gasteiger partial charge >= 0.3 is 0 Å². The molecule has 2 rings (SSSR count). The molecule has 0 bridgehead atoms. The van der Waals surface area contributed by atoms with Crippen LogP contribution in [0, 0.1) is 6.92 Å². The molecule has 19 heavy (non-hydrogen) atoms. The number of benzene rings is 2. The average Bonchev–Trinajstić information content (AvgIpc) is 2.38. The van der Waals surface area contributed by atoms with Crippen LogP contribution < -0.4 is 16.6 Å². The number of carbonyl (C=O) groups excluding carboxylic acids is 1. The van der Waals surface area contributed by atoms with Gasteiger partial charge in [-0.15, -0.1) is 0 Å². The SMILES string of the molecule is Cc1cc(NN)ccc1C(=O)Nc1cccc(Cl)c1. The fraction of sp³-hybridized carbons (Fsp3) is 0.0714. The van der Waals surface area contributed by atoms with Crippen LogP contribution in [0.5, 0.6) is 0 Å². The Hall–Kier alpha value is -2.04. The molecule has 0 aliphatic rings. The molecule has 0 atom stereocenters. The Bertz CT molecular complexity index is 613. The Morgan fingerprint density at radius 2 is 1.95 bits per heavy atom. The van der Waals surface area contributed by atoms with Gasteiger partial charge in [0.1, 0.15) is 0 Å². The fourth-order valence-corrected chi connectivity index (χ4v) is 1.96. The number of hydrazine groups is 1. The summed E-state index contributed by atoms with van der Waals surface area (Å²) in [6.07, 6.45) is 0. The van der Waals surface area contributed by atoms with Gasteiger partial charge in [-0.3, -0.25) is 10.6 Å². The second-order valence-corrected chi connectivity index (χ2v) is 4.57. The number of anilines is 2. The molecule has 2 aromatic carbocycles. The lowest BCUT2D eigenvalue weighted by molar-refractivity contribution is 0.102. The molecule has 0 heterocycles. The lowest BCUT2D eigenvalue weighted by atomic mass is 10.1.